The fourth-order valence-electron chi connectivity index (χ4n) is 5.09. The molecule has 6 nitrogen and oxygen atoms in total. The van der Waals surface area contributed by atoms with Gasteiger partial charge in [0.15, 0.2) is 0 Å². The van der Waals surface area contributed by atoms with Gasteiger partial charge in [0.2, 0.25) is 0 Å². The molecule has 2 aliphatic heterocycles. The number of aromatic amines is 1. The molecule has 3 aromatic rings. The zero-order valence-electron chi connectivity index (χ0n) is 17.5. The van der Waals surface area contributed by atoms with E-state index < -0.39 is 5.82 Å². The van der Waals surface area contributed by atoms with E-state index in [1.807, 2.05) is 12.1 Å². The number of carbonyl (C=O) groups is 1. The lowest BCUT2D eigenvalue weighted by molar-refractivity contribution is 0.0776. The Labute approximate surface area is 179 Å². The Morgan fingerprint density at radius 2 is 2.00 bits per heavy atom. The Hall–Kier alpha value is -3.06. The molecular formula is C24H25FN4O2. The first-order valence-corrected chi connectivity index (χ1v) is 10.8. The molecule has 0 bridgehead atoms. The van der Waals surface area contributed by atoms with Crippen LogP contribution in [0, 0.1) is 11.7 Å². The number of aromatic nitrogens is 2. The van der Waals surface area contributed by atoms with Crippen molar-refractivity contribution in [3.05, 3.63) is 75.5 Å². The number of carbonyl (C=O) groups excluding carboxylic acids is 1. The topological polar surface area (TPSA) is 69.3 Å². The van der Waals surface area contributed by atoms with Crippen LogP contribution in [0.5, 0.6) is 0 Å². The number of hydrogen-bond donors (Lipinski definition) is 1. The molecule has 31 heavy (non-hydrogen) atoms. The molecule has 2 fully saturated rings. The van der Waals surface area contributed by atoms with Gasteiger partial charge in [0, 0.05) is 30.9 Å². The average Bonchev–Trinajstić information content (AvgIpc) is 3.22. The van der Waals surface area contributed by atoms with Gasteiger partial charge in [-0.1, -0.05) is 24.3 Å². The highest BCUT2D eigenvalue weighted by Crippen LogP contribution is 2.31. The van der Waals surface area contributed by atoms with Crippen LogP contribution in [-0.2, 0) is 6.42 Å². The Kier molecular flexibility index (Phi) is 5.06. The van der Waals surface area contributed by atoms with Crippen molar-refractivity contribution in [3.8, 4) is 0 Å². The molecule has 2 aromatic carbocycles. The minimum absolute atomic E-state index is 0.104. The van der Waals surface area contributed by atoms with E-state index in [1.54, 1.807) is 29.2 Å². The molecule has 5 rings (SSSR count). The second kappa shape index (κ2) is 7.89. The predicted octanol–water partition coefficient (Wildman–Crippen LogP) is 2.82. The number of piperidine rings is 1. The van der Waals surface area contributed by atoms with E-state index in [0.717, 1.165) is 30.3 Å². The number of likely N-dealkylation sites (N-methyl/N-ethyl adjacent to an activating group) is 1. The number of nitrogens with one attached hydrogen (secondary N) is 1. The maximum absolute atomic E-state index is 14.6. The second-order valence-corrected chi connectivity index (χ2v) is 8.70. The summed E-state index contributed by atoms with van der Waals surface area (Å²) in [6.07, 6.45) is 2.65. The zero-order chi connectivity index (χ0) is 21.5. The Balaban J connectivity index is 1.42. The summed E-state index contributed by atoms with van der Waals surface area (Å²) in [7, 11) is 2.10. The quantitative estimate of drug-likeness (QED) is 0.708. The van der Waals surface area contributed by atoms with Gasteiger partial charge in [0.25, 0.3) is 11.5 Å². The smallest absolute Gasteiger partial charge is 0.272 e. The fraction of sp³-hybridized carbons (Fsp3) is 0.375. The normalized spacial score (nSPS) is 21.4. The van der Waals surface area contributed by atoms with Gasteiger partial charge < -0.3 is 9.80 Å². The summed E-state index contributed by atoms with van der Waals surface area (Å²) in [5.41, 5.74) is 1.33. The largest absolute Gasteiger partial charge is 0.337 e. The number of fused-ring (bicyclic) bond motifs is 2. The number of benzene rings is 2. The third-order valence-corrected chi connectivity index (χ3v) is 6.75. The number of rotatable bonds is 3. The molecule has 2 saturated heterocycles. The number of H-pyrrole nitrogens is 1. The second-order valence-electron chi connectivity index (χ2n) is 8.70. The van der Waals surface area contributed by atoms with Crippen LogP contribution in [0.4, 0.5) is 4.39 Å². The zero-order valence-corrected chi connectivity index (χ0v) is 17.5. The molecule has 1 aromatic heterocycles. The Morgan fingerprint density at radius 1 is 1.19 bits per heavy atom. The van der Waals surface area contributed by atoms with Crippen LogP contribution in [0.15, 0.2) is 47.3 Å². The van der Waals surface area contributed by atoms with E-state index in [0.29, 0.717) is 42.6 Å². The number of likely N-dealkylation sites (tertiary alicyclic amines) is 2. The van der Waals surface area contributed by atoms with Crippen molar-refractivity contribution < 1.29 is 9.18 Å². The number of amides is 1. The Morgan fingerprint density at radius 3 is 2.81 bits per heavy atom. The van der Waals surface area contributed by atoms with Crippen LogP contribution in [-0.4, -0.2) is 58.6 Å². The van der Waals surface area contributed by atoms with Crippen molar-refractivity contribution in [2.45, 2.75) is 25.3 Å². The van der Waals surface area contributed by atoms with Crippen LogP contribution in [0.2, 0.25) is 0 Å². The van der Waals surface area contributed by atoms with Gasteiger partial charge in [-0.15, -0.1) is 0 Å². The summed E-state index contributed by atoms with van der Waals surface area (Å²) < 4.78 is 14.6. The first kappa shape index (κ1) is 19.9. The number of hydrogen-bond acceptors (Lipinski definition) is 4. The fourth-order valence-corrected chi connectivity index (χ4v) is 5.09. The third kappa shape index (κ3) is 3.63. The molecule has 0 spiro atoms. The summed E-state index contributed by atoms with van der Waals surface area (Å²) in [6.45, 7) is 2.38. The van der Waals surface area contributed by atoms with Crippen LogP contribution >= 0.6 is 0 Å². The minimum atomic E-state index is -0.503. The van der Waals surface area contributed by atoms with E-state index in [-0.39, 0.29) is 17.0 Å². The first-order valence-electron chi connectivity index (χ1n) is 10.8. The molecule has 7 heteroatoms. The van der Waals surface area contributed by atoms with Crippen LogP contribution in [0.25, 0.3) is 10.8 Å². The van der Waals surface area contributed by atoms with E-state index in [2.05, 4.69) is 22.1 Å². The number of nitrogens with zero attached hydrogens (tertiary/aromatic N) is 3. The summed E-state index contributed by atoms with van der Waals surface area (Å²) >= 11 is 0. The Bertz CT molecular complexity index is 1210. The molecule has 1 amide bonds. The van der Waals surface area contributed by atoms with Crippen LogP contribution < -0.4 is 5.56 Å². The highest BCUT2D eigenvalue weighted by molar-refractivity contribution is 5.95. The van der Waals surface area contributed by atoms with E-state index in [4.69, 9.17) is 0 Å². The molecule has 2 atom stereocenters. The third-order valence-electron chi connectivity index (χ3n) is 6.75. The number of halogens is 1. The molecule has 0 saturated carbocycles. The summed E-state index contributed by atoms with van der Waals surface area (Å²) in [4.78, 5) is 29.3. The standard InChI is InChI=1S/C24H25FN4O2/c1-28-10-4-5-16-13-29(14-22(16)28)24(31)19-11-15(8-9-20(19)25)12-21-17-6-2-3-7-18(17)23(30)27-26-21/h2-3,6-9,11,16,22H,4-5,10,12-14H2,1H3,(H,27,30)/t16-,22+/m1/s1. The lowest BCUT2D eigenvalue weighted by Crippen LogP contribution is -2.42. The lowest BCUT2D eigenvalue weighted by Gasteiger charge is -2.33. The first-order chi connectivity index (χ1) is 15.0. The van der Waals surface area contributed by atoms with Crippen LogP contribution in [0.1, 0.15) is 34.5 Å². The minimum Gasteiger partial charge on any atom is -0.337 e. The van der Waals surface area contributed by atoms with Gasteiger partial charge in [-0.3, -0.25) is 9.59 Å². The maximum atomic E-state index is 14.6. The van der Waals surface area contributed by atoms with Crippen molar-refractivity contribution in [1.82, 2.24) is 20.0 Å². The van der Waals surface area contributed by atoms with Gasteiger partial charge in [0.05, 0.1) is 16.6 Å². The summed E-state index contributed by atoms with van der Waals surface area (Å²) in [5.74, 6) is -0.289. The van der Waals surface area contributed by atoms with Gasteiger partial charge in [-0.05, 0) is 56.1 Å². The summed E-state index contributed by atoms with van der Waals surface area (Å²) in [6, 6.07) is 12.3. The van der Waals surface area contributed by atoms with Gasteiger partial charge >= 0.3 is 0 Å². The highest BCUT2D eigenvalue weighted by atomic mass is 19.1. The van der Waals surface area contributed by atoms with Crippen molar-refractivity contribution in [1.29, 1.82) is 0 Å². The molecule has 0 aliphatic carbocycles. The lowest BCUT2D eigenvalue weighted by atomic mass is 9.93. The van der Waals surface area contributed by atoms with Crippen molar-refractivity contribution in [2.24, 2.45) is 5.92 Å². The molecular weight excluding hydrogens is 395 g/mol. The van der Waals surface area contributed by atoms with E-state index >= 15 is 0 Å². The van der Waals surface area contributed by atoms with E-state index in [1.165, 1.54) is 6.07 Å². The monoisotopic (exact) mass is 420 g/mol. The van der Waals surface area contributed by atoms with Gasteiger partial charge in [-0.2, -0.15) is 5.10 Å². The predicted molar refractivity (Wildman–Crippen MR) is 117 cm³/mol. The maximum Gasteiger partial charge on any atom is 0.272 e. The summed E-state index contributed by atoms with van der Waals surface area (Å²) in [5, 5.41) is 8.05. The SMILES string of the molecule is CN1CCC[C@@H]2CN(C(=O)c3cc(Cc4n[nH]c(=O)c5ccccc45)ccc3F)C[C@@H]21. The highest BCUT2D eigenvalue weighted by Gasteiger charge is 2.39. The average molecular weight is 420 g/mol. The van der Waals surface area contributed by atoms with Gasteiger partial charge in [0.1, 0.15) is 5.82 Å². The molecule has 160 valence electrons. The van der Waals surface area contributed by atoms with Crippen molar-refractivity contribution in [3.63, 3.8) is 0 Å². The van der Waals surface area contributed by atoms with E-state index in [9.17, 15) is 14.0 Å². The van der Waals surface area contributed by atoms with Crippen molar-refractivity contribution >= 4 is 16.7 Å². The molecule has 3 heterocycles. The molecule has 1 N–H and O–H groups in total. The van der Waals surface area contributed by atoms with Gasteiger partial charge in [-0.25, -0.2) is 9.49 Å². The van der Waals surface area contributed by atoms with Crippen LogP contribution in [0.3, 0.4) is 0 Å². The molecule has 0 radical (unpaired) electrons. The molecule has 2 aliphatic rings. The molecule has 0 unspecified atom stereocenters. The van der Waals surface area contributed by atoms with Crippen molar-refractivity contribution in [2.75, 3.05) is 26.7 Å².